The molecule has 0 saturated carbocycles. The van der Waals surface area contributed by atoms with Gasteiger partial charge in [0.15, 0.2) is 0 Å². The number of urea groups is 1. The van der Waals surface area contributed by atoms with E-state index in [-0.39, 0.29) is 11.9 Å². The van der Waals surface area contributed by atoms with E-state index in [2.05, 4.69) is 5.32 Å². The van der Waals surface area contributed by atoms with Crippen molar-refractivity contribution in [3.8, 4) is 0 Å². The SMILES string of the molecule is Cc1ccc(CN2C(=O)NC(=O)C2(C)C)cc1. The Balaban J connectivity index is 2.21. The second kappa shape index (κ2) is 3.87. The standard InChI is InChI=1S/C13H16N2O2/c1-9-4-6-10(7-5-9)8-15-12(17)14-11(16)13(15,2)3/h4-7H,8H2,1-3H3,(H,14,16,17). The monoisotopic (exact) mass is 232 g/mol. The van der Waals surface area contributed by atoms with E-state index in [1.54, 1.807) is 18.7 Å². The van der Waals surface area contributed by atoms with Gasteiger partial charge in [-0.3, -0.25) is 10.1 Å². The highest BCUT2D eigenvalue weighted by Gasteiger charge is 2.45. The summed E-state index contributed by atoms with van der Waals surface area (Å²) in [5, 5.41) is 2.34. The summed E-state index contributed by atoms with van der Waals surface area (Å²) in [7, 11) is 0. The van der Waals surface area contributed by atoms with Crippen LogP contribution in [0.25, 0.3) is 0 Å². The van der Waals surface area contributed by atoms with Crippen LogP contribution in [0.1, 0.15) is 25.0 Å². The molecule has 4 nitrogen and oxygen atoms in total. The van der Waals surface area contributed by atoms with Gasteiger partial charge in [-0.25, -0.2) is 4.79 Å². The van der Waals surface area contributed by atoms with Crippen molar-refractivity contribution >= 4 is 11.9 Å². The number of carbonyl (C=O) groups is 2. The maximum absolute atomic E-state index is 11.7. The van der Waals surface area contributed by atoms with Crippen LogP contribution in [0, 0.1) is 6.92 Å². The molecule has 0 unspecified atom stereocenters. The number of hydrogen-bond acceptors (Lipinski definition) is 2. The Morgan fingerprint density at radius 3 is 2.24 bits per heavy atom. The molecule has 0 atom stereocenters. The lowest BCUT2D eigenvalue weighted by Gasteiger charge is -2.27. The summed E-state index contributed by atoms with van der Waals surface area (Å²) in [6.45, 7) is 5.97. The highest BCUT2D eigenvalue weighted by atomic mass is 16.2. The molecule has 3 amide bonds. The number of nitrogens with one attached hydrogen (secondary N) is 1. The van der Waals surface area contributed by atoms with Crippen LogP contribution in [-0.2, 0) is 11.3 Å². The topological polar surface area (TPSA) is 49.4 Å². The van der Waals surface area contributed by atoms with Crippen LogP contribution in [0.3, 0.4) is 0 Å². The molecule has 1 fully saturated rings. The lowest BCUT2D eigenvalue weighted by molar-refractivity contribution is -0.125. The minimum absolute atomic E-state index is 0.241. The second-order valence-corrected chi connectivity index (χ2v) is 4.89. The maximum atomic E-state index is 11.7. The Labute approximate surface area is 101 Å². The third-order valence-electron chi connectivity index (χ3n) is 3.16. The molecule has 1 aliphatic heterocycles. The molecule has 1 N–H and O–H groups in total. The van der Waals surface area contributed by atoms with E-state index in [0.29, 0.717) is 6.54 Å². The van der Waals surface area contributed by atoms with Crippen LogP contribution >= 0.6 is 0 Å². The van der Waals surface area contributed by atoms with Gasteiger partial charge >= 0.3 is 6.03 Å². The summed E-state index contributed by atoms with van der Waals surface area (Å²) in [5.74, 6) is -0.241. The number of aryl methyl sites for hydroxylation is 1. The summed E-state index contributed by atoms with van der Waals surface area (Å²) in [4.78, 5) is 24.8. The van der Waals surface area contributed by atoms with Crippen molar-refractivity contribution in [1.82, 2.24) is 10.2 Å². The Morgan fingerprint density at radius 1 is 1.18 bits per heavy atom. The van der Waals surface area contributed by atoms with E-state index in [9.17, 15) is 9.59 Å². The zero-order chi connectivity index (χ0) is 12.6. The number of nitrogens with zero attached hydrogens (tertiary/aromatic N) is 1. The predicted molar refractivity (Wildman–Crippen MR) is 64.3 cm³/mol. The van der Waals surface area contributed by atoms with Gasteiger partial charge in [-0.05, 0) is 26.3 Å². The molecule has 1 aromatic rings. The summed E-state index contributed by atoms with van der Waals surface area (Å²) < 4.78 is 0. The van der Waals surface area contributed by atoms with E-state index in [1.807, 2.05) is 31.2 Å². The van der Waals surface area contributed by atoms with Crippen LogP contribution in [0.15, 0.2) is 24.3 Å². The first-order chi connectivity index (χ1) is 7.91. The largest absolute Gasteiger partial charge is 0.325 e. The molecule has 2 rings (SSSR count). The lowest BCUT2D eigenvalue weighted by atomic mass is 10.0. The smallest absolute Gasteiger partial charge is 0.306 e. The number of benzene rings is 1. The number of rotatable bonds is 2. The van der Waals surface area contributed by atoms with Gasteiger partial charge in [0, 0.05) is 6.54 Å². The van der Waals surface area contributed by atoms with Gasteiger partial charge in [-0.15, -0.1) is 0 Å². The van der Waals surface area contributed by atoms with Crippen molar-refractivity contribution in [3.63, 3.8) is 0 Å². The minimum atomic E-state index is -0.776. The van der Waals surface area contributed by atoms with E-state index in [0.717, 1.165) is 5.56 Å². The molecule has 1 heterocycles. The molecule has 1 saturated heterocycles. The van der Waals surface area contributed by atoms with Crippen molar-refractivity contribution < 1.29 is 9.59 Å². The Morgan fingerprint density at radius 2 is 1.76 bits per heavy atom. The van der Waals surface area contributed by atoms with Gasteiger partial charge in [-0.1, -0.05) is 29.8 Å². The summed E-state index contributed by atoms with van der Waals surface area (Å²) in [6, 6.07) is 7.62. The Hall–Kier alpha value is -1.84. The van der Waals surface area contributed by atoms with Gasteiger partial charge in [0.1, 0.15) is 5.54 Å². The maximum Gasteiger partial charge on any atom is 0.325 e. The average molecular weight is 232 g/mol. The highest BCUT2D eigenvalue weighted by Crippen LogP contribution is 2.23. The molecule has 90 valence electrons. The number of hydrogen-bond donors (Lipinski definition) is 1. The fourth-order valence-electron chi connectivity index (χ4n) is 1.84. The van der Waals surface area contributed by atoms with Crippen molar-refractivity contribution in [2.75, 3.05) is 0 Å². The normalized spacial score (nSPS) is 18.4. The number of amides is 3. The minimum Gasteiger partial charge on any atom is -0.306 e. The molecule has 1 aliphatic rings. The van der Waals surface area contributed by atoms with Crippen LogP contribution in [0.4, 0.5) is 4.79 Å². The zero-order valence-corrected chi connectivity index (χ0v) is 10.3. The Bertz CT molecular complexity index is 463. The van der Waals surface area contributed by atoms with Crippen LogP contribution in [0.2, 0.25) is 0 Å². The first-order valence-electron chi connectivity index (χ1n) is 5.60. The number of carbonyl (C=O) groups excluding carboxylic acids is 2. The Kier molecular flexibility index (Phi) is 2.65. The molecule has 0 radical (unpaired) electrons. The molecule has 1 aromatic carbocycles. The van der Waals surface area contributed by atoms with Gasteiger partial charge in [-0.2, -0.15) is 0 Å². The van der Waals surface area contributed by atoms with Crippen LogP contribution in [0.5, 0.6) is 0 Å². The van der Waals surface area contributed by atoms with Gasteiger partial charge in [0.2, 0.25) is 0 Å². The lowest BCUT2D eigenvalue weighted by Crippen LogP contribution is -2.43. The van der Waals surface area contributed by atoms with E-state index in [1.165, 1.54) is 5.56 Å². The van der Waals surface area contributed by atoms with Crippen LogP contribution in [-0.4, -0.2) is 22.4 Å². The van der Waals surface area contributed by atoms with E-state index < -0.39 is 5.54 Å². The molecule has 4 heteroatoms. The quantitative estimate of drug-likeness (QED) is 0.791. The van der Waals surface area contributed by atoms with Crippen LogP contribution < -0.4 is 5.32 Å². The fourth-order valence-corrected chi connectivity index (χ4v) is 1.84. The third-order valence-corrected chi connectivity index (χ3v) is 3.16. The summed E-state index contributed by atoms with van der Waals surface area (Å²) in [5.41, 5.74) is 1.42. The molecule has 17 heavy (non-hydrogen) atoms. The summed E-state index contributed by atoms with van der Waals surface area (Å²) in [6.07, 6.45) is 0. The second-order valence-electron chi connectivity index (χ2n) is 4.89. The van der Waals surface area contributed by atoms with E-state index in [4.69, 9.17) is 0 Å². The van der Waals surface area contributed by atoms with E-state index >= 15 is 0 Å². The predicted octanol–water partition coefficient (Wildman–Crippen LogP) is 1.83. The van der Waals surface area contributed by atoms with Crippen molar-refractivity contribution in [3.05, 3.63) is 35.4 Å². The molecule has 0 aliphatic carbocycles. The number of imide groups is 1. The average Bonchev–Trinajstić information content (AvgIpc) is 2.44. The van der Waals surface area contributed by atoms with Gasteiger partial charge in [0.25, 0.3) is 5.91 Å². The van der Waals surface area contributed by atoms with Crippen molar-refractivity contribution in [1.29, 1.82) is 0 Å². The molecule has 0 bridgehead atoms. The first-order valence-corrected chi connectivity index (χ1v) is 5.60. The van der Waals surface area contributed by atoms with Crippen molar-refractivity contribution in [2.45, 2.75) is 32.9 Å². The molecule has 0 spiro atoms. The first kappa shape index (κ1) is 11.6. The van der Waals surface area contributed by atoms with Gasteiger partial charge in [0.05, 0.1) is 0 Å². The summed E-state index contributed by atoms with van der Waals surface area (Å²) >= 11 is 0. The zero-order valence-electron chi connectivity index (χ0n) is 10.3. The fraction of sp³-hybridized carbons (Fsp3) is 0.385. The van der Waals surface area contributed by atoms with Crippen molar-refractivity contribution in [2.24, 2.45) is 0 Å². The highest BCUT2D eigenvalue weighted by molar-refractivity contribution is 6.06. The molecular formula is C13H16N2O2. The molecular weight excluding hydrogens is 216 g/mol. The third kappa shape index (κ3) is 2.02. The van der Waals surface area contributed by atoms with Gasteiger partial charge < -0.3 is 4.90 Å². The molecule has 0 aromatic heterocycles.